The van der Waals surface area contributed by atoms with Gasteiger partial charge in [0.15, 0.2) is 0 Å². The molecule has 22 heavy (non-hydrogen) atoms. The van der Waals surface area contributed by atoms with E-state index in [-0.39, 0.29) is 0 Å². The molecule has 0 atom stereocenters. The first kappa shape index (κ1) is 14.9. The van der Waals surface area contributed by atoms with Crippen molar-refractivity contribution in [2.75, 3.05) is 37.6 Å². The molecule has 2 aromatic carbocycles. The molecule has 0 aliphatic carbocycles. The van der Waals surface area contributed by atoms with Crippen LogP contribution in [0.4, 0.5) is 11.4 Å². The second-order valence-corrected chi connectivity index (χ2v) is 6.04. The molecule has 4 heteroatoms. The summed E-state index contributed by atoms with van der Waals surface area (Å²) in [4.78, 5) is 4.98. The van der Waals surface area contributed by atoms with Crippen molar-refractivity contribution < 1.29 is 0 Å². The van der Waals surface area contributed by atoms with Crippen molar-refractivity contribution in [3.8, 4) is 0 Å². The van der Waals surface area contributed by atoms with E-state index in [2.05, 4.69) is 34.1 Å². The van der Waals surface area contributed by atoms with Crippen LogP contribution in [-0.4, -0.2) is 36.0 Å². The zero-order chi connectivity index (χ0) is 15.4. The van der Waals surface area contributed by atoms with E-state index in [1.54, 1.807) is 0 Å². The minimum absolute atomic E-state index is 0.845. The van der Waals surface area contributed by atoms with Crippen LogP contribution in [0.3, 0.4) is 0 Å². The molecule has 2 aromatic rings. The second kappa shape index (κ2) is 6.81. The Balaban J connectivity index is 1.50. The normalized spacial score (nSPS) is 16.7. The van der Waals surface area contributed by atoms with Crippen molar-refractivity contribution >= 4 is 11.4 Å². The van der Waals surface area contributed by atoms with Gasteiger partial charge in [0, 0.05) is 50.6 Å². The third kappa shape index (κ3) is 4.00. The van der Waals surface area contributed by atoms with E-state index in [9.17, 15) is 0 Å². The monoisotopic (exact) mass is 296 g/mol. The van der Waals surface area contributed by atoms with Gasteiger partial charge in [-0.25, -0.2) is 0 Å². The van der Waals surface area contributed by atoms with Crippen LogP contribution < -0.4 is 11.5 Å². The topological polar surface area (TPSA) is 58.5 Å². The molecule has 1 fully saturated rings. The first-order valence-electron chi connectivity index (χ1n) is 7.82. The lowest BCUT2D eigenvalue weighted by Gasteiger charge is -2.34. The summed E-state index contributed by atoms with van der Waals surface area (Å²) in [6, 6.07) is 16.4. The molecule has 4 nitrogen and oxygen atoms in total. The Morgan fingerprint density at radius 1 is 0.682 bits per heavy atom. The average molecular weight is 296 g/mol. The van der Waals surface area contributed by atoms with Crippen molar-refractivity contribution in [3.05, 3.63) is 59.7 Å². The van der Waals surface area contributed by atoms with Gasteiger partial charge >= 0.3 is 0 Å². The van der Waals surface area contributed by atoms with E-state index in [1.165, 1.54) is 11.1 Å². The maximum Gasteiger partial charge on any atom is 0.0317 e. The molecule has 1 aliphatic rings. The van der Waals surface area contributed by atoms with Gasteiger partial charge in [-0.1, -0.05) is 24.3 Å². The number of nitrogens with zero attached hydrogens (tertiary/aromatic N) is 2. The fourth-order valence-electron chi connectivity index (χ4n) is 3.00. The average Bonchev–Trinajstić information content (AvgIpc) is 2.49. The molecule has 0 radical (unpaired) electrons. The molecular weight excluding hydrogens is 272 g/mol. The molecule has 0 saturated carbocycles. The van der Waals surface area contributed by atoms with Gasteiger partial charge in [-0.15, -0.1) is 0 Å². The lowest BCUT2D eigenvalue weighted by Crippen LogP contribution is -2.45. The predicted octanol–water partition coefficient (Wildman–Crippen LogP) is 2.17. The van der Waals surface area contributed by atoms with Gasteiger partial charge in [-0.2, -0.15) is 0 Å². The largest absolute Gasteiger partial charge is 0.399 e. The van der Waals surface area contributed by atoms with Gasteiger partial charge in [0.05, 0.1) is 0 Å². The van der Waals surface area contributed by atoms with Gasteiger partial charge in [0.2, 0.25) is 0 Å². The number of anilines is 2. The molecule has 4 N–H and O–H groups in total. The summed E-state index contributed by atoms with van der Waals surface area (Å²) in [6.07, 6.45) is 0. The van der Waals surface area contributed by atoms with E-state index in [0.717, 1.165) is 50.6 Å². The van der Waals surface area contributed by atoms with Crippen LogP contribution in [0.25, 0.3) is 0 Å². The molecule has 0 aromatic heterocycles. The molecular formula is C18H24N4. The van der Waals surface area contributed by atoms with Gasteiger partial charge in [0.1, 0.15) is 0 Å². The number of benzene rings is 2. The summed E-state index contributed by atoms with van der Waals surface area (Å²) in [7, 11) is 0. The summed E-state index contributed by atoms with van der Waals surface area (Å²) < 4.78 is 0. The quantitative estimate of drug-likeness (QED) is 0.849. The SMILES string of the molecule is Nc1cccc(CN2CCN(Cc3cccc(N)c3)CC2)c1. The zero-order valence-electron chi connectivity index (χ0n) is 12.9. The van der Waals surface area contributed by atoms with Crippen LogP contribution in [0.5, 0.6) is 0 Å². The van der Waals surface area contributed by atoms with Crippen LogP contribution in [0.2, 0.25) is 0 Å². The molecule has 116 valence electrons. The van der Waals surface area contributed by atoms with E-state index >= 15 is 0 Å². The van der Waals surface area contributed by atoms with Gasteiger partial charge < -0.3 is 11.5 Å². The lowest BCUT2D eigenvalue weighted by molar-refractivity contribution is 0.122. The van der Waals surface area contributed by atoms with E-state index < -0.39 is 0 Å². The van der Waals surface area contributed by atoms with Gasteiger partial charge in [-0.05, 0) is 35.4 Å². The fourth-order valence-corrected chi connectivity index (χ4v) is 3.00. The van der Waals surface area contributed by atoms with Crippen LogP contribution in [-0.2, 0) is 13.1 Å². The summed E-state index contributed by atoms with van der Waals surface area (Å²) in [6.45, 7) is 6.34. The number of nitrogen functional groups attached to an aromatic ring is 2. The maximum atomic E-state index is 5.85. The first-order valence-corrected chi connectivity index (χ1v) is 7.82. The minimum atomic E-state index is 0.845. The molecule has 0 bridgehead atoms. The van der Waals surface area contributed by atoms with E-state index in [4.69, 9.17) is 11.5 Å². The van der Waals surface area contributed by atoms with E-state index in [0.29, 0.717) is 0 Å². The van der Waals surface area contributed by atoms with Crippen molar-refractivity contribution in [2.45, 2.75) is 13.1 Å². The summed E-state index contributed by atoms with van der Waals surface area (Å²) >= 11 is 0. The molecule has 1 aliphatic heterocycles. The maximum absolute atomic E-state index is 5.85. The molecule has 0 unspecified atom stereocenters. The van der Waals surface area contributed by atoms with Crippen molar-refractivity contribution in [3.63, 3.8) is 0 Å². The Bertz CT molecular complexity index is 562. The lowest BCUT2D eigenvalue weighted by atomic mass is 10.1. The highest BCUT2D eigenvalue weighted by Gasteiger charge is 2.17. The Morgan fingerprint density at radius 2 is 1.09 bits per heavy atom. The summed E-state index contributed by atoms with van der Waals surface area (Å²) in [5.74, 6) is 0. The standard InChI is InChI=1S/C18H24N4/c19-17-5-1-3-15(11-17)13-21-7-9-22(10-8-21)14-16-4-2-6-18(20)12-16/h1-6,11-12H,7-10,13-14,19-20H2. The smallest absolute Gasteiger partial charge is 0.0317 e. The Morgan fingerprint density at radius 3 is 1.45 bits per heavy atom. The minimum Gasteiger partial charge on any atom is -0.399 e. The summed E-state index contributed by atoms with van der Waals surface area (Å²) in [5, 5.41) is 0. The zero-order valence-corrected chi connectivity index (χ0v) is 12.9. The highest BCUT2D eigenvalue weighted by molar-refractivity contribution is 5.41. The highest BCUT2D eigenvalue weighted by Crippen LogP contribution is 2.14. The number of hydrogen-bond donors (Lipinski definition) is 2. The fraction of sp³-hybridized carbons (Fsp3) is 0.333. The van der Waals surface area contributed by atoms with Gasteiger partial charge in [0.25, 0.3) is 0 Å². The van der Waals surface area contributed by atoms with Crippen LogP contribution >= 0.6 is 0 Å². The number of rotatable bonds is 4. The van der Waals surface area contributed by atoms with Crippen molar-refractivity contribution in [1.82, 2.24) is 9.80 Å². The van der Waals surface area contributed by atoms with Crippen LogP contribution in [0.1, 0.15) is 11.1 Å². The molecule has 1 heterocycles. The van der Waals surface area contributed by atoms with E-state index in [1.807, 2.05) is 24.3 Å². The summed E-state index contributed by atoms with van der Waals surface area (Å²) in [5.41, 5.74) is 16.0. The number of nitrogens with two attached hydrogens (primary N) is 2. The molecule has 0 amide bonds. The molecule has 3 rings (SSSR count). The number of piperazine rings is 1. The van der Waals surface area contributed by atoms with Gasteiger partial charge in [-0.3, -0.25) is 9.80 Å². The Hall–Kier alpha value is -2.04. The Kier molecular flexibility index (Phi) is 4.61. The van der Waals surface area contributed by atoms with Crippen molar-refractivity contribution in [2.24, 2.45) is 0 Å². The first-order chi connectivity index (χ1) is 10.7. The Labute approximate surface area is 132 Å². The molecule has 1 saturated heterocycles. The van der Waals surface area contributed by atoms with Crippen LogP contribution in [0, 0.1) is 0 Å². The number of hydrogen-bond acceptors (Lipinski definition) is 4. The van der Waals surface area contributed by atoms with Crippen molar-refractivity contribution in [1.29, 1.82) is 0 Å². The second-order valence-electron chi connectivity index (χ2n) is 6.04. The third-order valence-electron chi connectivity index (χ3n) is 4.18. The third-order valence-corrected chi connectivity index (χ3v) is 4.18. The molecule has 0 spiro atoms. The predicted molar refractivity (Wildman–Crippen MR) is 92.3 cm³/mol. The highest BCUT2D eigenvalue weighted by atomic mass is 15.3. The van der Waals surface area contributed by atoms with Crippen LogP contribution in [0.15, 0.2) is 48.5 Å².